The van der Waals surface area contributed by atoms with Crippen molar-refractivity contribution in [3.8, 4) is 0 Å². The second-order valence-corrected chi connectivity index (χ2v) is 7.27. The molecule has 138 valence electrons. The zero-order chi connectivity index (χ0) is 19.0. The largest absolute Gasteiger partial charge is 0.348 e. The molecule has 0 saturated carbocycles. The maximum atomic E-state index is 12.5. The Morgan fingerprint density at radius 2 is 1.63 bits per heavy atom. The van der Waals surface area contributed by atoms with Crippen molar-refractivity contribution in [3.05, 3.63) is 70.3 Å². The first-order valence-corrected chi connectivity index (χ1v) is 9.41. The van der Waals surface area contributed by atoms with Gasteiger partial charge in [-0.2, -0.15) is 0 Å². The fraction of sp³-hybridized carbons (Fsp3) is 0.318. The van der Waals surface area contributed by atoms with Crippen molar-refractivity contribution in [3.63, 3.8) is 0 Å². The molecule has 5 heteroatoms. The van der Waals surface area contributed by atoms with Crippen LogP contribution in [0.15, 0.2) is 42.5 Å². The zero-order valence-electron chi connectivity index (χ0n) is 15.3. The van der Waals surface area contributed by atoms with Gasteiger partial charge in [-0.15, -0.1) is 0 Å². The molecule has 27 heavy (non-hydrogen) atoms. The van der Waals surface area contributed by atoms with E-state index in [0.717, 1.165) is 23.3 Å². The normalized spacial score (nSPS) is 16.7. The predicted molar refractivity (Wildman–Crippen MR) is 101 cm³/mol. The number of imide groups is 1. The lowest BCUT2D eigenvalue weighted by atomic mass is 9.89. The van der Waals surface area contributed by atoms with Crippen LogP contribution in [0.4, 0.5) is 0 Å². The molecule has 1 N–H and O–H groups in total. The quantitative estimate of drug-likeness (QED) is 0.850. The van der Waals surface area contributed by atoms with E-state index in [1.165, 1.54) is 24.0 Å². The third-order valence-electron chi connectivity index (χ3n) is 5.43. The van der Waals surface area contributed by atoms with E-state index in [9.17, 15) is 14.4 Å². The molecule has 0 aromatic heterocycles. The predicted octanol–water partition coefficient (Wildman–Crippen LogP) is 3.04. The summed E-state index contributed by atoms with van der Waals surface area (Å²) in [7, 11) is 0. The molecule has 0 unspecified atom stereocenters. The summed E-state index contributed by atoms with van der Waals surface area (Å²) in [5.74, 6) is -1.16. The van der Waals surface area contributed by atoms with Crippen molar-refractivity contribution < 1.29 is 14.4 Å². The summed E-state index contributed by atoms with van der Waals surface area (Å²) in [5.41, 5.74) is 4.53. The Kier molecular flexibility index (Phi) is 4.52. The second kappa shape index (κ2) is 6.99. The molecule has 4 rings (SSSR count). The summed E-state index contributed by atoms with van der Waals surface area (Å²) < 4.78 is 0. The molecule has 0 saturated heterocycles. The fourth-order valence-electron chi connectivity index (χ4n) is 3.92. The van der Waals surface area contributed by atoms with E-state index in [1.54, 1.807) is 24.3 Å². The number of carbonyl (C=O) groups is 3. The third kappa shape index (κ3) is 3.25. The van der Waals surface area contributed by atoms with Gasteiger partial charge < -0.3 is 5.32 Å². The van der Waals surface area contributed by atoms with E-state index in [1.807, 2.05) is 6.92 Å². The molecule has 0 radical (unpaired) electrons. The van der Waals surface area contributed by atoms with E-state index < -0.39 is 11.8 Å². The van der Waals surface area contributed by atoms with Gasteiger partial charge in [-0.1, -0.05) is 30.3 Å². The Bertz CT molecular complexity index is 900. The molecule has 1 heterocycles. The Morgan fingerprint density at radius 3 is 2.30 bits per heavy atom. The summed E-state index contributed by atoms with van der Waals surface area (Å²) in [6.07, 6.45) is 4.64. The molecule has 0 bridgehead atoms. The minimum Gasteiger partial charge on any atom is -0.348 e. The monoisotopic (exact) mass is 362 g/mol. The van der Waals surface area contributed by atoms with Gasteiger partial charge >= 0.3 is 0 Å². The van der Waals surface area contributed by atoms with Crippen molar-refractivity contribution in [2.45, 2.75) is 38.6 Å². The van der Waals surface area contributed by atoms with Crippen molar-refractivity contribution in [1.82, 2.24) is 10.2 Å². The van der Waals surface area contributed by atoms with Gasteiger partial charge in [0, 0.05) is 0 Å². The SMILES string of the molecule is C[C@H](NC(=O)CN1C(=O)c2ccccc2C1=O)c1ccc2c(c1)CCCC2. The molecule has 0 fully saturated rings. The number of carbonyl (C=O) groups excluding carboxylic acids is 3. The lowest BCUT2D eigenvalue weighted by Gasteiger charge is -2.21. The average Bonchev–Trinajstić information content (AvgIpc) is 2.92. The maximum absolute atomic E-state index is 12.5. The standard InChI is InChI=1S/C22H22N2O3/c1-14(16-11-10-15-6-2-3-7-17(15)12-16)23-20(25)13-24-21(26)18-8-4-5-9-19(18)22(24)27/h4-5,8-12,14H,2-3,6-7,13H2,1H3,(H,23,25)/t14-/m0/s1. The molecule has 1 atom stereocenters. The van der Waals surface area contributed by atoms with E-state index in [-0.39, 0.29) is 18.5 Å². The fourth-order valence-corrected chi connectivity index (χ4v) is 3.92. The molecule has 1 aliphatic carbocycles. The van der Waals surface area contributed by atoms with Gasteiger partial charge in [-0.25, -0.2) is 0 Å². The van der Waals surface area contributed by atoms with Gasteiger partial charge in [-0.05, 0) is 61.4 Å². The summed E-state index contributed by atoms with van der Waals surface area (Å²) in [6.45, 7) is 1.66. The van der Waals surface area contributed by atoms with E-state index in [2.05, 4.69) is 23.5 Å². The number of nitrogens with zero attached hydrogens (tertiary/aromatic N) is 1. The first-order chi connectivity index (χ1) is 13.0. The van der Waals surface area contributed by atoms with Crippen molar-refractivity contribution in [2.75, 3.05) is 6.54 Å². The second-order valence-electron chi connectivity index (χ2n) is 7.27. The van der Waals surface area contributed by atoms with Crippen molar-refractivity contribution in [1.29, 1.82) is 0 Å². The summed E-state index contributed by atoms with van der Waals surface area (Å²) in [5, 5.41) is 2.91. The Morgan fingerprint density at radius 1 is 1.00 bits per heavy atom. The first kappa shape index (κ1) is 17.5. The number of amides is 3. The maximum Gasteiger partial charge on any atom is 0.262 e. The lowest BCUT2D eigenvalue weighted by Crippen LogP contribution is -2.41. The highest BCUT2D eigenvalue weighted by atomic mass is 16.2. The molecular formula is C22H22N2O3. The number of nitrogens with one attached hydrogen (secondary N) is 1. The number of hydrogen-bond acceptors (Lipinski definition) is 3. The highest BCUT2D eigenvalue weighted by Crippen LogP contribution is 2.25. The van der Waals surface area contributed by atoms with Crippen molar-refractivity contribution >= 4 is 17.7 Å². The lowest BCUT2D eigenvalue weighted by molar-refractivity contribution is -0.122. The minimum atomic E-state index is -0.410. The molecule has 0 spiro atoms. The smallest absolute Gasteiger partial charge is 0.262 e. The highest BCUT2D eigenvalue weighted by Gasteiger charge is 2.36. The molecular weight excluding hydrogens is 340 g/mol. The molecule has 3 amide bonds. The number of benzene rings is 2. The molecule has 2 aromatic carbocycles. The van der Waals surface area contributed by atoms with Crippen LogP contribution in [0.25, 0.3) is 0 Å². The molecule has 2 aliphatic rings. The molecule has 5 nitrogen and oxygen atoms in total. The van der Waals surface area contributed by atoms with Gasteiger partial charge in [0.05, 0.1) is 17.2 Å². The number of aryl methyl sites for hydroxylation is 2. The van der Waals surface area contributed by atoms with Crippen LogP contribution in [0.5, 0.6) is 0 Å². The van der Waals surface area contributed by atoms with Gasteiger partial charge in [0.2, 0.25) is 5.91 Å². The number of hydrogen-bond donors (Lipinski definition) is 1. The molecule has 1 aliphatic heterocycles. The van der Waals surface area contributed by atoms with Crippen LogP contribution in [-0.2, 0) is 17.6 Å². The Labute approximate surface area is 158 Å². The van der Waals surface area contributed by atoms with Gasteiger partial charge in [0.1, 0.15) is 6.54 Å². The summed E-state index contributed by atoms with van der Waals surface area (Å²) in [6, 6.07) is 12.8. The minimum absolute atomic E-state index is 0.181. The van der Waals surface area contributed by atoms with Gasteiger partial charge in [0.25, 0.3) is 11.8 Å². The topological polar surface area (TPSA) is 66.5 Å². The zero-order valence-corrected chi connectivity index (χ0v) is 15.3. The van der Waals surface area contributed by atoms with E-state index in [0.29, 0.717) is 11.1 Å². The van der Waals surface area contributed by atoms with E-state index >= 15 is 0 Å². The van der Waals surface area contributed by atoms with E-state index in [4.69, 9.17) is 0 Å². The third-order valence-corrected chi connectivity index (χ3v) is 5.43. The molecule has 2 aromatic rings. The van der Waals surface area contributed by atoms with Crippen molar-refractivity contribution in [2.24, 2.45) is 0 Å². The Hall–Kier alpha value is -2.95. The number of fused-ring (bicyclic) bond motifs is 2. The average molecular weight is 362 g/mol. The van der Waals surface area contributed by atoms with Crippen LogP contribution in [0.3, 0.4) is 0 Å². The van der Waals surface area contributed by atoms with Gasteiger partial charge in [0.15, 0.2) is 0 Å². The highest BCUT2D eigenvalue weighted by molar-refractivity contribution is 6.22. The first-order valence-electron chi connectivity index (χ1n) is 9.41. The Balaban J connectivity index is 1.43. The van der Waals surface area contributed by atoms with Crippen LogP contribution >= 0.6 is 0 Å². The van der Waals surface area contributed by atoms with Gasteiger partial charge in [-0.3, -0.25) is 19.3 Å². The van der Waals surface area contributed by atoms with Crippen LogP contribution in [-0.4, -0.2) is 29.2 Å². The summed E-state index contributed by atoms with van der Waals surface area (Å²) >= 11 is 0. The van der Waals surface area contributed by atoms with Crippen LogP contribution in [0.2, 0.25) is 0 Å². The van der Waals surface area contributed by atoms with Crippen LogP contribution in [0, 0.1) is 0 Å². The van der Waals surface area contributed by atoms with Crippen LogP contribution < -0.4 is 5.32 Å². The number of rotatable bonds is 4. The van der Waals surface area contributed by atoms with Crippen LogP contribution in [0.1, 0.15) is 63.2 Å². The summed E-state index contributed by atoms with van der Waals surface area (Å²) in [4.78, 5) is 38.2.